The Hall–Kier alpha value is -1.81. The second kappa shape index (κ2) is 5.67. The second-order valence-corrected chi connectivity index (χ2v) is 5.84. The van der Waals surface area contributed by atoms with Crippen LogP contribution >= 0.6 is 11.8 Å². The first-order valence-corrected chi connectivity index (χ1v) is 7.51. The van der Waals surface area contributed by atoms with E-state index in [9.17, 15) is 9.18 Å². The van der Waals surface area contributed by atoms with Crippen molar-refractivity contribution < 1.29 is 9.18 Å². The lowest BCUT2D eigenvalue weighted by Crippen LogP contribution is -2.30. The van der Waals surface area contributed by atoms with Gasteiger partial charge in [-0.3, -0.25) is 4.79 Å². The van der Waals surface area contributed by atoms with E-state index in [0.29, 0.717) is 5.56 Å². The summed E-state index contributed by atoms with van der Waals surface area (Å²) in [6.45, 7) is 0. The zero-order valence-electron chi connectivity index (χ0n) is 10.8. The molecule has 20 heavy (non-hydrogen) atoms. The smallest absolute Gasteiger partial charge is 0.251 e. The lowest BCUT2D eigenvalue weighted by molar-refractivity contribution is 0.0935. The Balaban J connectivity index is 1.79. The maximum absolute atomic E-state index is 12.9. The van der Waals surface area contributed by atoms with E-state index in [1.54, 1.807) is 0 Å². The molecule has 0 aliphatic carbocycles. The SMILES string of the molecule is O=C(N[C@@H]1CCSc2ccccc21)c1ccc(F)cc1. The minimum Gasteiger partial charge on any atom is -0.345 e. The van der Waals surface area contributed by atoms with Gasteiger partial charge >= 0.3 is 0 Å². The van der Waals surface area contributed by atoms with Crippen LogP contribution < -0.4 is 5.32 Å². The van der Waals surface area contributed by atoms with Crippen molar-refractivity contribution in [1.82, 2.24) is 5.32 Å². The quantitative estimate of drug-likeness (QED) is 0.910. The topological polar surface area (TPSA) is 29.1 Å². The third kappa shape index (κ3) is 2.70. The summed E-state index contributed by atoms with van der Waals surface area (Å²) in [6.07, 6.45) is 0.911. The van der Waals surface area contributed by atoms with Crippen LogP contribution in [0.4, 0.5) is 4.39 Å². The molecule has 1 heterocycles. The number of nitrogens with one attached hydrogen (secondary N) is 1. The van der Waals surface area contributed by atoms with E-state index in [4.69, 9.17) is 0 Å². The second-order valence-electron chi connectivity index (χ2n) is 4.71. The summed E-state index contributed by atoms with van der Waals surface area (Å²) >= 11 is 1.82. The Kier molecular flexibility index (Phi) is 3.74. The minimum atomic E-state index is -0.332. The van der Waals surface area contributed by atoms with Gasteiger partial charge in [0.25, 0.3) is 5.91 Å². The molecule has 0 radical (unpaired) electrons. The van der Waals surface area contributed by atoms with Crippen molar-refractivity contribution in [1.29, 1.82) is 0 Å². The summed E-state index contributed by atoms with van der Waals surface area (Å²) in [7, 11) is 0. The number of carbonyl (C=O) groups excluding carboxylic acids is 1. The number of amides is 1. The molecule has 1 aliphatic rings. The number of fused-ring (bicyclic) bond motifs is 1. The Bertz CT molecular complexity index is 627. The number of hydrogen-bond acceptors (Lipinski definition) is 2. The van der Waals surface area contributed by atoms with Gasteiger partial charge < -0.3 is 5.32 Å². The average Bonchev–Trinajstić information content (AvgIpc) is 2.48. The van der Waals surface area contributed by atoms with Crippen molar-refractivity contribution in [3.63, 3.8) is 0 Å². The van der Waals surface area contributed by atoms with Crippen molar-refractivity contribution in [2.24, 2.45) is 0 Å². The molecule has 3 rings (SSSR count). The molecule has 2 nitrogen and oxygen atoms in total. The highest BCUT2D eigenvalue weighted by Crippen LogP contribution is 2.35. The van der Waals surface area contributed by atoms with Gasteiger partial charge in [0, 0.05) is 16.2 Å². The fourth-order valence-corrected chi connectivity index (χ4v) is 3.46. The Morgan fingerprint density at radius 2 is 1.90 bits per heavy atom. The third-order valence-corrected chi connectivity index (χ3v) is 4.49. The first-order chi connectivity index (χ1) is 9.74. The molecule has 0 fully saturated rings. The van der Waals surface area contributed by atoms with Crippen molar-refractivity contribution in [2.75, 3.05) is 5.75 Å². The predicted molar refractivity (Wildman–Crippen MR) is 78.4 cm³/mol. The minimum absolute atomic E-state index is 0.0324. The van der Waals surface area contributed by atoms with E-state index in [0.717, 1.165) is 12.2 Å². The van der Waals surface area contributed by atoms with Gasteiger partial charge in [0.2, 0.25) is 0 Å². The highest BCUT2D eigenvalue weighted by Gasteiger charge is 2.22. The number of hydrogen-bond donors (Lipinski definition) is 1. The first-order valence-electron chi connectivity index (χ1n) is 6.52. The number of thioether (sulfide) groups is 1. The molecule has 4 heteroatoms. The molecule has 2 aromatic carbocycles. The maximum Gasteiger partial charge on any atom is 0.251 e. The first kappa shape index (κ1) is 13.2. The monoisotopic (exact) mass is 287 g/mol. The largest absolute Gasteiger partial charge is 0.345 e. The van der Waals surface area contributed by atoms with Crippen LogP contribution in [0.5, 0.6) is 0 Å². The van der Waals surface area contributed by atoms with Crippen LogP contribution in [-0.4, -0.2) is 11.7 Å². The Morgan fingerprint density at radius 1 is 1.15 bits per heavy atom. The molecule has 1 N–H and O–H groups in total. The molecule has 0 saturated heterocycles. The molecule has 1 atom stereocenters. The van der Waals surface area contributed by atoms with Crippen molar-refractivity contribution in [3.8, 4) is 0 Å². The van der Waals surface area contributed by atoms with Gasteiger partial charge in [-0.05, 0) is 42.3 Å². The van der Waals surface area contributed by atoms with Crippen LogP contribution in [0.15, 0.2) is 53.4 Å². The molecule has 0 aromatic heterocycles. The number of benzene rings is 2. The molecule has 2 aromatic rings. The van der Waals surface area contributed by atoms with Crippen LogP contribution in [0.2, 0.25) is 0 Å². The van der Waals surface area contributed by atoms with Crippen molar-refractivity contribution >= 4 is 17.7 Å². The summed E-state index contributed by atoms with van der Waals surface area (Å²) < 4.78 is 12.9. The lowest BCUT2D eigenvalue weighted by Gasteiger charge is -2.25. The number of carbonyl (C=O) groups is 1. The van der Waals surface area contributed by atoms with E-state index in [1.807, 2.05) is 23.9 Å². The van der Waals surface area contributed by atoms with E-state index >= 15 is 0 Å². The number of halogens is 1. The van der Waals surface area contributed by atoms with E-state index < -0.39 is 0 Å². The molecule has 102 valence electrons. The van der Waals surface area contributed by atoms with Gasteiger partial charge in [-0.2, -0.15) is 0 Å². The highest BCUT2D eigenvalue weighted by molar-refractivity contribution is 7.99. The van der Waals surface area contributed by atoms with Gasteiger partial charge in [-0.25, -0.2) is 4.39 Å². The summed E-state index contributed by atoms with van der Waals surface area (Å²) in [6, 6.07) is 13.8. The highest BCUT2D eigenvalue weighted by atomic mass is 32.2. The summed E-state index contributed by atoms with van der Waals surface area (Å²) in [5.41, 5.74) is 1.65. The fraction of sp³-hybridized carbons (Fsp3) is 0.188. The van der Waals surface area contributed by atoms with Crippen LogP contribution in [0.25, 0.3) is 0 Å². The van der Waals surface area contributed by atoms with Crippen molar-refractivity contribution in [2.45, 2.75) is 17.4 Å². The van der Waals surface area contributed by atoms with Crippen molar-refractivity contribution in [3.05, 3.63) is 65.5 Å². The molecule has 0 saturated carbocycles. The Labute approximate surface area is 121 Å². The van der Waals surface area contributed by atoms with Gasteiger partial charge in [0.15, 0.2) is 0 Å². The average molecular weight is 287 g/mol. The van der Waals surface area contributed by atoms with Crippen LogP contribution in [0, 0.1) is 5.82 Å². The molecule has 1 amide bonds. The molecule has 1 aliphatic heterocycles. The third-order valence-electron chi connectivity index (χ3n) is 3.37. The van der Waals surface area contributed by atoms with Gasteiger partial charge in [0.1, 0.15) is 5.82 Å². The molecule has 0 spiro atoms. The molecule has 0 unspecified atom stereocenters. The predicted octanol–water partition coefficient (Wildman–Crippen LogP) is 3.79. The zero-order chi connectivity index (χ0) is 13.9. The van der Waals surface area contributed by atoms with E-state index in [1.165, 1.54) is 34.7 Å². The molecule has 0 bridgehead atoms. The number of rotatable bonds is 2. The molecular formula is C16H14FNOS. The van der Waals surface area contributed by atoms with E-state index in [-0.39, 0.29) is 17.8 Å². The van der Waals surface area contributed by atoms with Crippen LogP contribution in [0.3, 0.4) is 0 Å². The summed E-state index contributed by atoms with van der Waals surface area (Å²) in [4.78, 5) is 13.4. The van der Waals surface area contributed by atoms with Gasteiger partial charge in [0.05, 0.1) is 6.04 Å². The fourth-order valence-electron chi connectivity index (χ4n) is 2.33. The lowest BCUT2D eigenvalue weighted by atomic mass is 10.0. The maximum atomic E-state index is 12.9. The van der Waals surface area contributed by atoms with Crippen LogP contribution in [0.1, 0.15) is 28.4 Å². The van der Waals surface area contributed by atoms with Gasteiger partial charge in [-0.1, -0.05) is 18.2 Å². The van der Waals surface area contributed by atoms with E-state index in [2.05, 4.69) is 17.4 Å². The molecular weight excluding hydrogens is 273 g/mol. The van der Waals surface area contributed by atoms with Gasteiger partial charge in [-0.15, -0.1) is 11.8 Å². The van der Waals surface area contributed by atoms with Crippen LogP contribution in [-0.2, 0) is 0 Å². The zero-order valence-corrected chi connectivity index (χ0v) is 11.6. The summed E-state index contributed by atoms with van der Waals surface area (Å²) in [5.74, 6) is 0.503. The summed E-state index contributed by atoms with van der Waals surface area (Å²) in [5, 5.41) is 3.04. The normalized spacial score (nSPS) is 17.4. The Morgan fingerprint density at radius 3 is 2.70 bits per heavy atom. The standard InChI is InChI=1S/C16H14FNOS/c17-12-7-5-11(6-8-12)16(19)18-14-9-10-20-15-4-2-1-3-13(14)15/h1-8,14H,9-10H2,(H,18,19)/t14-/m1/s1.